The van der Waals surface area contributed by atoms with Crippen molar-refractivity contribution in [2.45, 2.75) is 24.6 Å². The molecule has 0 aliphatic carbocycles. The van der Waals surface area contributed by atoms with E-state index in [-0.39, 0.29) is 5.92 Å². The molecule has 0 saturated carbocycles. The van der Waals surface area contributed by atoms with Gasteiger partial charge in [0.05, 0.1) is 11.9 Å². The molecule has 1 aliphatic heterocycles. The van der Waals surface area contributed by atoms with Gasteiger partial charge in [-0.2, -0.15) is 0 Å². The van der Waals surface area contributed by atoms with E-state index in [0.717, 1.165) is 6.42 Å². The van der Waals surface area contributed by atoms with Gasteiger partial charge >= 0.3 is 0 Å². The quantitative estimate of drug-likeness (QED) is 0.615. The van der Waals surface area contributed by atoms with Gasteiger partial charge in [-0.25, -0.2) is 9.97 Å². The fourth-order valence-electron chi connectivity index (χ4n) is 1.58. The van der Waals surface area contributed by atoms with Crippen LogP contribution in [0.15, 0.2) is 16.3 Å². The van der Waals surface area contributed by atoms with E-state index in [2.05, 4.69) is 15.0 Å². The highest BCUT2D eigenvalue weighted by Crippen LogP contribution is 2.34. The molecule has 0 saturated heterocycles. The lowest BCUT2D eigenvalue weighted by Gasteiger charge is -2.22. The lowest BCUT2D eigenvalue weighted by atomic mass is 9.95. The second-order valence-electron chi connectivity index (χ2n) is 3.42. The van der Waals surface area contributed by atoms with Crippen molar-refractivity contribution in [2.75, 3.05) is 6.26 Å². The van der Waals surface area contributed by atoms with E-state index in [1.54, 1.807) is 12.4 Å². The van der Waals surface area contributed by atoms with Crippen LogP contribution in [-0.2, 0) is 0 Å². The van der Waals surface area contributed by atoms with Crippen LogP contribution in [0.5, 0.6) is 0 Å². The van der Waals surface area contributed by atoms with E-state index in [0.29, 0.717) is 16.5 Å². The van der Waals surface area contributed by atoms with Gasteiger partial charge in [0.15, 0.2) is 5.16 Å². The fourth-order valence-corrected chi connectivity index (χ4v) is 1.92. The smallest absolute Gasteiger partial charge is 0.187 e. The van der Waals surface area contributed by atoms with E-state index in [4.69, 9.17) is 0 Å². The number of rotatable bonds is 2. The Hall–Kier alpha value is -0.940. The second kappa shape index (κ2) is 4.28. The van der Waals surface area contributed by atoms with Crippen LogP contribution in [0.25, 0.3) is 0 Å². The summed E-state index contributed by atoms with van der Waals surface area (Å²) in [7, 11) is 0. The third-order valence-electron chi connectivity index (χ3n) is 2.52. The second-order valence-corrected chi connectivity index (χ2v) is 4.20. The van der Waals surface area contributed by atoms with Crippen LogP contribution in [0.3, 0.4) is 0 Å². The standard InChI is InChI=1S/C10H13N3OS/c1-3-6-4-11-7-5-12-10(15-2)13-8(7)9(6)14/h4-6,9,14H,3H2,1-2H3. The zero-order chi connectivity index (χ0) is 10.8. The summed E-state index contributed by atoms with van der Waals surface area (Å²) in [4.78, 5) is 12.7. The average Bonchev–Trinajstić information content (AvgIpc) is 2.29. The molecule has 0 radical (unpaired) electrons. The molecule has 1 aliphatic rings. The minimum Gasteiger partial charge on any atom is -0.386 e. The van der Waals surface area contributed by atoms with Crippen molar-refractivity contribution in [1.29, 1.82) is 0 Å². The number of aliphatic imine (C=N–C) groups is 1. The van der Waals surface area contributed by atoms with Crippen LogP contribution in [0.1, 0.15) is 25.1 Å². The SMILES string of the molecule is CCC1C=Nc2cnc(SC)nc2C1O. The Morgan fingerprint density at radius 3 is 3.00 bits per heavy atom. The summed E-state index contributed by atoms with van der Waals surface area (Å²) in [6, 6.07) is 0. The van der Waals surface area contributed by atoms with E-state index in [9.17, 15) is 5.11 Å². The van der Waals surface area contributed by atoms with Gasteiger partial charge in [0.1, 0.15) is 11.8 Å². The molecule has 2 atom stereocenters. The molecular weight excluding hydrogens is 210 g/mol. The summed E-state index contributed by atoms with van der Waals surface area (Å²) in [6.45, 7) is 2.03. The first-order chi connectivity index (χ1) is 7.26. The van der Waals surface area contributed by atoms with Crippen molar-refractivity contribution in [1.82, 2.24) is 9.97 Å². The van der Waals surface area contributed by atoms with Gasteiger partial charge in [-0.05, 0) is 12.7 Å². The molecule has 2 rings (SSSR count). The molecule has 1 aromatic heterocycles. The zero-order valence-electron chi connectivity index (χ0n) is 8.71. The first-order valence-corrected chi connectivity index (χ1v) is 6.12. The number of aromatic nitrogens is 2. The number of hydrogen-bond acceptors (Lipinski definition) is 5. The van der Waals surface area contributed by atoms with Gasteiger partial charge in [-0.1, -0.05) is 18.7 Å². The normalized spacial score (nSPS) is 23.9. The van der Waals surface area contributed by atoms with Crippen LogP contribution >= 0.6 is 11.8 Å². The van der Waals surface area contributed by atoms with Crippen molar-refractivity contribution < 1.29 is 5.11 Å². The summed E-state index contributed by atoms with van der Waals surface area (Å²) in [5.74, 6) is 0.0714. The summed E-state index contributed by atoms with van der Waals surface area (Å²) >= 11 is 1.47. The van der Waals surface area contributed by atoms with Crippen molar-refractivity contribution in [3.8, 4) is 0 Å². The van der Waals surface area contributed by atoms with Gasteiger partial charge in [0, 0.05) is 12.1 Å². The van der Waals surface area contributed by atoms with Gasteiger partial charge in [0.2, 0.25) is 0 Å². The minimum atomic E-state index is -0.545. The molecule has 0 aromatic carbocycles. The Morgan fingerprint density at radius 2 is 2.33 bits per heavy atom. The van der Waals surface area contributed by atoms with E-state index < -0.39 is 6.10 Å². The molecule has 15 heavy (non-hydrogen) atoms. The monoisotopic (exact) mass is 223 g/mol. The molecule has 0 amide bonds. The highest BCUT2D eigenvalue weighted by atomic mass is 32.2. The summed E-state index contributed by atoms with van der Waals surface area (Å²) in [5.41, 5.74) is 1.34. The summed E-state index contributed by atoms with van der Waals surface area (Å²) in [6.07, 6.45) is 5.69. The first-order valence-electron chi connectivity index (χ1n) is 4.89. The average molecular weight is 223 g/mol. The third kappa shape index (κ3) is 1.89. The molecule has 2 unspecified atom stereocenters. The molecule has 1 aromatic rings. The van der Waals surface area contributed by atoms with Crippen LogP contribution < -0.4 is 0 Å². The molecular formula is C10H13N3OS. The highest BCUT2D eigenvalue weighted by Gasteiger charge is 2.26. The summed E-state index contributed by atoms with van der Waals surface area (Å²) < 4.78 is 0. The lowest BCUT2D eigenvalue weighted by Crippen LogP contribution is -2.18. The van der Waals surface area contributed by atoms with E-state index >= 15 is 0 Å². The van der Waals surface area contributed by atoms with E-state index in [1.807, 2.05) is 13.2 Å². The van der Waals surface area contributed by atoms with E-state index in [1.165, 1.54) is 11.8 Å². The van der Waals surface area contributed by atoms with Crippen molar-refractivity contribution >= 4 is 23.7 Å². The van der Waals surface area contributed by atoms with Crippen molar-refractivity contribution in [2.24, 2.45) is 10.9 Å². The Labute approximate surface area is 92.9 Å². The molecule has 0 bridgehead atoms. The number of aliphatic hydroxyl groups is 1. The van der Waals surface area contributed by atoms with Crippen LogP contribution in [0.4, 0.5) is 5.69 Å². The van der Waals surface area contributed by atoms with Gasteiger partial charge in [-0.3, -0.25) is 4.99 Å². The molecule has 0 fully saturated rings. The molecule has 2 heterocycles. The van der Waals surface area contributed by atoms with Crippen LogP contribution in [-0.4, -0.2) is 27.5 Å². The minimum absolute atomic E-state index is 0.0714. The summed E-state index contributed by atoms with van der Waals surface area (Å²) in [5, 5.41) is 10.7. The fraction of sp³-hybridized carbons (Fsp3) is 0.500. The third-order valence-corrected chi connectivity index (χ3v) is 3.08. The number of hydrogen-bond donors (Lipinski definition) is 1. The first kappa shape index (κ1) is 10.6. The predicted molar refractivity (Wildman–Crippen MR) is 60.7 cm³/mol. The maximum absolute atomic E-state index is 10.1. The predicted octanol–water partition coefficient (Wildman–Crippen LogP) is 1.97. The van der Waals surface area contributed by atoms with Crippen molar-refractivity contribution in [3.05, 3.63) is 11.9 Å². The van der Waals surface area contributed by atoms with Gasteiger partial charge < -0.3 is 5.11 Å². The topological polar surface area (TPSA) is 58.4 Å². The molecule has 1 N–H and O–H groups in total. The Bertz CT molecular complexity index is 394. The number of nitrogens with zero attached hydrogens (tertiary/aromatic N) is 3. The Morgan fingerprint density at radius 1 is 1.53 bits per heavy atom. The number of thioether (sulfide) groups is 1. The maximum atomic E-state index is 10.1. The highest BCUT2D eigenvalue weighted by molar-refractivity contribution is 7.98. The lowest BCUT2D eigenvalue weighted by molar-refractivity contribution is 0.133. The molecule has 4 nitrogen and oxygen atoms in total. The van der Waals surface area contributed by atoms with Gasteiger partial charge in [-0.15, -0.1) is 0 Å². The molecule has 0 spiro atoms. The van der Waals surface area contributed by atoms with Crippen molar-refractivity contribution in [3.63, 3.8) is 0 Å². The Kier molecular flexibility index (Phi) is 3.02. The van der Waals surface area contributed by atoms with Crippen LogP contribution in [0.2, 0.25) is 0 Å². The number of aliphatic hydroxyl groups excluding tert-OH is 1. The zero-order valence-corrected chi connectivity index (χ0v) is 9.53. The van der Waals surface area contributed by atoms with Crippen LogP contribution in [0, 0.1) is 5.92 Å². The molecule has 5 heteroatoms. The molecule has 80 valence electrons. The number of fused-ring (bicyclic) bond motifs is 1. The maximum Gasteiger partial charge on any atom is 0.187 e. The largest absolute Gasteiger partial charge is 0.386 e. The van der Waals surface area contributed by atoms with Gasteiger partial charge in [0.25, 0.3) is 0 Å². The Balaban J connectivity index is 2.42.